The number of hydrogen-bond acceptors (Lipinski definition) is 4. The van der Waals surface area contributed by atoms with Crippen LogP contribution in [-0.4, -0.2) is 17.6 Å². The van der Waals surface area contributed by atoms with Crippen LogP contribution in [-0.2, 0) is 0 Å². The van der Waals surface area contributed by atoms with E-state index >= 15 is 0 Å². The van der Waals surface area contributed by atoms with E-state index < -0.39 is 5.97 Å². The summed E-state index contributed by atoms with van der Waals surface area (Å²) >= 11 is 0. The normalized spacial score (nSPS) is 9.86. The van der Waals surface area contributed by atoms with Crippen molar-refractivity contribution in [2.45, 2.75) is 6.42 Å². The number of carboxylic acid groups (broad SMARTS) is 1. The Morgan fingerprint density at radius 1 is 1.24 bits per heavy atom. The van der Waals surface area contributed by atoms with Crippen LogP contribution in [0.15, 0.2) is 48.5 Å². The van der Waals surface area contributed by atoms with Crippen LogP contribution < -0.4 is 10.6 Å². The number of carboxylic acids is 1. The standard InChI is InChI=1S/C16H15N3O2/c17-9-4-10-19(13-5-2-1-3-6-13)15-8-7-12(18)11-14(15)16(20)21/h1-3,5-8,11H,4,10,18H2,(H,20,21). The number of carbonyl (C=O) groups is 1. The number of rotatable bonds is 5. The van der Waals surface area contributed by atoms with Gasteiger partial charge in [0.05, 0.1) is 23.7 Å². The van der Waals surface area contributed by atoms with Crippen LogP contribution in [0.4, 0.5) is 17.1 Å². The van der Waals surface area contributed by atoms with Crippen molar-refractivity contribution in [3.63, 3.8) is 0 Å². The van der Waals surface area contributed by atoms with Crippen LogP contribution >= 0.6 is 0 Å². The molecule has 5 nitrogen and oxygen atoms in total. The Morgan fingerprint density at radius 3 is 2.57 bits per heavy atom. The van der Waals surface area contributed by atoms with Gasteiger partial charge in [0.2, 0.25) is 0 Å². The van der Waals surface area contributed by atoms with Crippen LogP contribution in [0.3, 0.4) is 0 Å². The lowest BCUT2D eigenvalue weighted by Crippen LogP contribution is -2.21. The third kappa shape index (κ3) is 3.31. The third-order valence-electron chi connectivity index (χ3n) is 3.06. The summed E-state index contributed by atoms with van der Waals surface area (Å²) < 4.78 is 0. The van der Waals surface area contributed by atoms with E-state index in [1.54, 1.807) is 12.1 Å². The first kappa shape index (κ1) is 14.4. The summed E-state index contributed by atoms with van der Waals surface area (Å²) in [4.78, 5) is 13.2. The molecule has 0 radical (unpaired) electrons. The molecule has 0 saturated heterocycles. The fraction of sp³-hybridized carbons (Fsp3) is 0.125. The van der Waals surface area contributed by atoms with Gasteiger partial charge >= 0.3 is 5.97 Å². The first-order valence-electron chi connectivity index (χ1n) is 6.46. The molecular weight excluding hydrogens is 266 g/mol. The van der Waals surface area contributed by atoms with Crippen molar-refractivity contribution in [1.82, 2.24) is 0 Å². The second-order valence-corrected chi connectivity index (χ2v) is 4.48. The molecule has 3 N–H and O–H groups in total. The Kier molecular flexibility index (Phi) is 4.42. The summed E-state index contributed by atoms with van der Waals surface area (Å²) in [5.74, 6) is -1.05. The van der Waals surface area contributed by atoms with E-state index in [-0.39, 0.29) is 5.56 Å². The highest BCUT2D eigenvalue weighted by Crippen LogP contribution is 2.30. The number of para-hydroxylation sites is 1. The van der Waals surface area contributed by atoms with Gasteiger partial charge < -0.3 is 15.7 Å². The Labute approximate surface area is 122 Å². The maximum absolute atomic E-state index is 11.4. The molecule has 106 valence electrons. The monoisotopic (exact) mass is 281 g/mol. The number of nitrogens with two attached hydrogens (primary N) is 1. The number of benzene rings is 2. The molecule has 0 spiro atoms. The fourth-order valence-corrected chi connectivity index (χ4v) is 2.12. The number of nitrogen functional groups attached to an aromatic ring is 1. The van der Waals surface area contributed by atoms with Crippen molar-refractivity contribution in [1.29, 1.82) is 5.26 Å². The second kappa shape index (κ2) is 6.44. The highest BCUT2D eigenvalue weighted by atomic mass is 16.4. The molecule has 0 aromatic heterocycles. The third-order valence-corrected chi connectivity index (χ3v) is 3.06. The van der Waals surface area contributed by atoms with Crippen LogP contribution in [0, 0.1) is 11.3 Å². The lowest BCUT2D eigenvalue weighted by Gasteiger charge is -2.25. The molecule has 0 unspecified atom stereocenters. The van der Waals surface area contributed by atoms with Gasteiger partial charge in [-0.05, 0) is 30.3 Å². The van der Waals surface area contributed by atoms with Gasteiger partial charge in [-0.1, -0.05) is 18.2 Å². The minimum Gasteiger partial charge on any atom is -0.478 e. The molecule has 0 amide bonds. The Hall–Kier alpha value is -3.00. The molecule has 0 heterocycles. The van der Waals surface area contributed by atoms with Gasteiger partial charge in [0.15, 0.2) is 0 Å². The molecule has 0 aliphatic heterocycles. The molecule has 0 atom stereocenters. The Balaban J connectivity index is 2.52. The molecule has 5 heteroatoms. The van der Waals surface area contributed by atoms with E-state index in [4.69, 9.17) is 11.0 Å². The highest BCUT2D eigenvalue weighted by molar-refractivity contribution is 5.96. The second-order valence-electron chi connectivity index (χ2n) is 4.48. The highest BCUT2D eigenvalue weighted by Gasteiger charge is 2.17. The Morgan fingerprint density at radius 2 is 1.95 bits per heavy atom. The number of nitrogens with zero attached hydrogens (tertiary/aromatic N) is 2. The van der Waals surface area contributed by atoms with E-state index in [0.29, 0.717) is 24.3 Å². The average Bonchev–Trinajstić information content (AvgIpc) is 2.49. The maximum atomic E-state index is 11.4. The number of anilines is 3. The SMILES string of the molecule is N#CCCN(c1ccccc1)c1ccc(N)cc1C(=O)O. The molecule has 21 heavy (non-hydrogen) atoms. The largest absolute Gasteiger partial charge is 0.478 e. The maximum Gasteiger partial charge on any atom is 0.337 e. The topological polar surface area (TPSA) is 90.4 Å². The first-order chi connectivity index (χ1) is 10.1. The molecule has 2 rings (SSSR count). The average molecular weight is 281 g/mol. The molecule has 0 fully saturated rings. The summed E-state index contributed by atoms with van der Waals surface area (Å²) in [5.41, 5.74) is 7.54. The van der Waals surface area contributed by atoms with E-state index in [1.807, 2.05) is 35.2 Å². The predicted molar refractivity (Wildman–Crippen MR) is 81.5 cm³/mol. The summed E-state index contributed by atoms with van der Waals surface area (Å²) in [6.45, 7) is 0.407. The molecule has 0 aliphatic rings. The summed E-state index contributed by atoms with van der Waals surface area (Å²) in [7, 11) is 0. The molecule has 0 saturated carbocycles. The number of aromatic carboxylic acids is 1. The summed E-state index contributed by atoms with van der Waals surface area (Å²) in [5, 5.41) is 18.2. The van der Waals surface area contributed by atoms with E-state index in [2.05, 4.69) is 6.07 Å². The Bertz CT molecular complexity index is 678. The molecule has 2 aromatic rings. The van der Waals surface area contributed by atoms with Gasteiger partial charge in [-0.2, -0.15) is 5.26 Å². The van der Waals surface area contributed by atoms with Crippen molar-refractivity contribution < 1.29 is 9.90 Å². The number of hydrogen-bond donors (Lipinski definition) is 2. The lowest BCUT2D eigenvalue weighted by atomic mass is 10.1. The van der Waals surface area contributed by atoms with E-state index in [1.165, 1.54) is 6.07 Å². The zero-order valence-electron chi connectivity index (χ0n) is 11.4. The minimum atomic E-state index is -1.05. The quantitative estimate of drug-likeness (QED) is 0.822. The predicted octanol–water partition coefficient (Wildman–Crippen LogP) is 3.02. The van der Waals surface area contributed by atoms with Gasteiger partial charge in [0, 0.05) is 17.9 Å². The van der Waals surface area contributed by atoms with Crippen molar-refractivity contribution in [3.05, 3.63) is 54.1 Å². The summed E-state index contributed by atoms with van der Waals surface area (Å²) in [6, 6.07) is 16.2. The van der Waals surface area contributed by atoms with Crippen molar-refractivity contribution in [2.24, 2.45) is 0 Å². The minimum absolute atomic E-state index is 0.122. The zero-order valence-corrected chi connectivity index (χ0v) is 11.4. The van der Waals surface area contributed by atoms with Crippen molar-refractivity contribution >= 4 is 23.0 Å². The van der Waals surface area contributed by atoms with Gasteiger partial charge in [0.1, 0.15) is 0 Å². The van der Waals surface area contributed by atoms with Gasteiger partial charge in [-0.3, -0.25) is 0 Å². The fourth-order valence-electron chi connectivity index (χ4n) is 2.12. The first-order valence-corrected chi connectivity index (χ1v) is 6.46. The zero-order chi connectivity index (χ0) is 15.2. The van der Waals surface area contributed by atoms with Crippen LogP contribution in [0.2, 0.25) is 0 Å². The van der Waals surface area contributed by atoms with Gasteiger partial charge in [0.25, 0.3) is 0 Å². The van der Waals surface area contributed by atoms with Crippen LogP contribution in [0.5, 0.6) is 0 Å². The smallest absolute Gasteiger partial charge is 0.337 e. The van der Waals surface area contributed by atoms with Crippen LogP contribution in [0.25, 0.3) is 0 Å². The van der Waals surface area contributed by atoms with Crippen molar-refractivity contribution in [2.75, 3.05) is 17.2 Å². The molecule has 0 bridgehead atoms. The van der Waals surface area contributed by atoms with Gasteiger partial charge in [-0.25, -0.2) is 4.79 Å². The van der Waals surface area contributed by atoms with E-state index in [0.717, 1.165) is 5.69 Å². The van der Waals surface area contributed by atoms with Crippen molar-refractivity contribution in [3.8, 4) is 6.07 Å². The summed E-state index contributed by atoms with van der Waals surface area (Å²) in [6.07, 6.45) is 0.290. The number of nitriles is 1. The molecular formula is C16H15N3O2. The molecule has 2 aromatic carbocycles. The van der Waals surface area contributed by atoms with Gasteiger partial charge in [-0.15, -0.1) is 0 Å². The molecule has 0 aliphatic carbocycles. The van der Waals surface area contributed by atoms with E-state index in [9.17, 15) is 9.90 Å². The van der Waals surface area contributed by atoms with Crippen LogP contribution in [0.1, 0.15) is 16.8 Å². The lowest BCUT2D eigenvalue weighted by molar-refractivity contribution is 0.0697.